The fraction of sp³-hybridized carbons (Fsp3) is 0.0556. The molecule has 0 saturated carbocycles. The van der Waals surface area contributed by atoms with Crippen LogP contribution in [0.15, 0.2) is 54.6 Å². The average molecular weight is 348 g/mol. The summed E-state index contributed by atoms with van der Waals surface area (Å²) < 4.78 is 56.8. The van der Waals surface area contributed by atoms with Gasteiger partial charge in [0, 0.05) is 16.6 Å². The summed E-state index contributed by atoms with van der Waals surface area (Å²) in [6, 6.07) is 10.5. The number of carbonyl (C=O) groups is 1. The number of anilines is 2. The van der Waals surface area contributed by atoms with Crippen LogP contribution < -0.4 is 11.1 Å². The van der Waals surface area contributed by atoms with Crippen LogP contribution in [0.3, 0.4) is 0 Å². The van der Waals surface area contributed by atoms with Crippen LogP contribution in [0.4, 0.5) is 28.9 Å². The second-order valence-electron chi connectivity index (χ2n) is 5.41. The maximum atomic E-state index is 14.6. The van der Waals surface area contributed by atoms with Gasteiger partial charge in [0.25, 0.3) is 5.91 Å². The largest absolute Gasteiger partial charge is 0.399 e. The number of amides is 1. The van der Waals surface area contributed by atoms with Crippen LogP contribution in [0.1, 0.15) is 5.56 Å². The zero-order valence-electron chi connectivity index (χ0n) is 12.7. The molecule has 128 valence electrons. The molecule has 7 heteroatoms. The highest BCUT2D eigenvalue weighted by atomic mass is 19.3. The van der Waals surface area contributed by atoms with Crippen molar-refractivity contribution in [3.05, 3.63) is 71.8 Å². The number of rotatable bonds is 3. The van der Waals surface area contributed by atoms with Gasteiger partial charge in [0.2, 0.25) is 0 Å². The number of benzene rings is 3. The molecule has 0 fully saturated rings. The lowest BCUT2D eigenvalue weighted by Crippen LogP contribution is -2.32. The Kier molecular flexibility index (Phi) is 4.08. The van der Waals surface area contributed by atoms with Crippen LogP contribution in [-0.2, 0) is 10.7 Å². The maximum Gasteiger partial charge on any atom is 0.350 e. The summed E-state index contributed by atoms with van der Waals surface area (Å²) in [5.41, 5.74) is 4.37. The molecule has 3 aromatic carbocycles. The molecule has 3 N–H and O–H groups in total. The SMILES string of the molecule is Nc1ccc(NC(=O)C(F)(F)c2ccc(F)c3ccccc23)c(F)c1. The molecule has 0 saturated heterocycles. The van der Waals surface area contributed by atoms with Crippen molar-refractivity contribution in [2.45, 2.75) is 5.92 Å². The van der Waals surface area contributed by atoms with Crippen molar-refractivity contribution in [3.63, 3.8) is 0 Å². The van der Waals surface area contributed by atoms with Crippen molar-refractivity contribution in [3.8, 4) is 0 Å². The summed E-state index contributed by atoms with van der Waals surface area (Å²) in [4.78, 5) is 12.0. The molecule has 1 amide bonds. The van der Waals surface area contributed by atoms with E-state index in [0.717, 1.165) is 24.3 Å². The molecule has 0 heterocycles. The van der Waals surface area contributed by atoms with Gasteiger partial charge in [0.15, 0.2) is 0 Å². The number of hydrogen-bond acceptors (Lipinski definition) is 2. The summed E-state index contributed by atoms with van der Waals surface area (Å²) >= 11 is 0. The zero-order chi connectivity index (χ0) is 18.2. The molecule has 3 rings (SSSR count). The Hall–Kier alpha value is -3.09. The van der Waals surface area contributed by atoms with Gasteiger partial charge in [-0.05, 0) is 35.7 Å². The first-order valence-electron chi connectivity index (χ1n) is 7.22. The van der Waals surface area contributed by atoms with E-state index in [1.807, 2.05) is 5.32 Å². The van der Waals surface area contributed by atoms with Crippen molar-refractivity contribution in [2.75, 3.05) is 11.1 Å². The Morgan fingerprint density at radius 3 is 2.28 bits per heavy atom. The molecule has 0 radical (unpaired) electrons. The number of nitrogens with two attached hydrogens (primary N) is 1. The van der Waals surface area contributed by atoms with E-state index in [9.17, 15) is 22.4 Å². The molecule has 0 spiro atoms. The molecule has 3 nitrogen and oxygen atoms in total. The summed E-state index contributed by atoms with van der Waals surface area (Å²) in [5, 5.41) is 1.71. The highest BCUT2D eigenvalue weighted by Crippen LogP contribution is 2.36. The van der Waals surface area contributed by atoms with Gasteiger partial charge in [-0.1, -0.05) is 24.3 Å². The van der Waals surface area contributed by atoms with E-state index in [-0.39, 0.29) is 16.5 Å². The molecule has 0 unspecified atom stereocenters. The third-order valence-electron chi connectivity index (χ3n) is 3.74. The Bertz CT molecular complexity index is 972. The van der Waals surface area contributed by atoms with E-state index in [4.69, 9.17) is 5.73 Å². The monoisotopic (exact) mass is 348 g/mol. The van der Waals surface area contributed by atoms with Gasteiger partial charge in [-0.25, -0.2) is 8.78 Å². The number of halogens is 4. The predicted octanol–water partition coefficient (Wildman–Crippen LogP) is 4.43. The quantitative estimate of drug-likeness (QED) is 0.543. The Balaban J connectivity index is 2.01. The minimum absolute atomic E-state index is 0.0360. The summed E-state index contributed by atoms with van der Waals surface area (Å²) in [5.74, 6) is -7.35. The summed E-state index contributed by atoms with van der Waals surface area (Å²) in [7, 11) is 0. The predicted molar refractivity (Wildman–Crippen MR) is 87.2 cm³/mol. The van der Waals surface area contributed by atoms with Gasteiger partial charge in [-0.15, -0.1) is 0 Å². The van der Waals surface area contributed by atoms with Crippen molar-refractivity contribution < 1.29 is 22.4 Å². The molecule has 0 aliphatic heterocycles. The lowest BCUT2D eigenvalue weighted by atomic mass is 9.98. The molecule has 25 heavy (non-hydrogen) atoms. The van der Waals surface area contributed by atoms with Crippen LogP contribution in [0.25, 0.3) is 10.8 Å². The minimum atomic E-state index is -4.00. The first-order chi connectivity index (χ1) is 11.8. The number of hydrogen-bond donors (Lipinski definition) is 2. The standard InChI is InChI=1S/C18H12F4N2O/c19-14-7-6-13(11-3-1-2-4-12(11)14)18(21,22)17(25)24-16-8-5-10(23)9-15(16)20/h1-9H,23H2,(H,24,25). The molecule has 0 aromatic heterocycles. The molecule has 3 aromatic rings. The van der Waals surface area contributed by atoms with Crippen LogP contribution in [0.2, 0.25) is 0 Å². The second-order valence-corrected chi connectivity index (χ2v) is 5.41. The highest BCUT2D eigenvalue weighted by molar-refractivity contribution is 6.00. The third-order valence-corrected chi connectivity index (χ3v) is 3.74. The van der Waals surface area contributed by atoms with Crippen LogP contribution in [0, 0.1) is 11.6 Å². The fourth-order valence-electron chi connectivity index (χ4n) is 2.49. The van der Waals surface area contributed by atoms with Crippen molar-refractivity contribution in [2.24, 2.45) is 0 Å². The molecule has 0 aliphatic carbocycles. The van der Waals surface area contributed by atoms with Gasteiger partial charge >= 0.3 is 5.92 Å². The van der Waals surface area contributed by atoms with Crippen molar-refractivity contribution in [1.82, 2.24) is 0 Å². The average Bonchev–Trinajstić information content (AvgIpc) is 2.57. The second kappa shape index (κ2) is 6.08. The lowest BCUT2D eigenvalue weighted by molar-refractivity contribution is -0.140. The fourth-order valence-corrected chi connectivity index (χ4v) is 2.49. The van der Waals surface area contributed by atoms with Crippen molar-refractivity contribution >= 4 is 28.1 Å². The summed E-state index contributed by atoms with van der Waals surface area (Å²) in [6.45, 7) is 0. The first kappa shape index (κ1) is 16.8. The van der Waals surface area contributed by atoms with Crippen LogP contribution in [-0.4, -0.2) is 5.91 Å². The zero-order valence-corrected chi connectivity index (χ0v) is 12.7. The van der Waals surface area contributed by atoms with Crippen molar-refractivity contribution in [1.29, 1.82) is 0 Å². The molecule has 0 atom stereocenters. The van der Waals surface area contributed by atoms with E-state index < -0.39 is 34.7 Å². The minimum Gasteiger partial charge on any atom is -0.399 e. The normalized spacial score (nSPS) is 11.5. The third kappa shape index (κ3) is 3.00. The lowest BCUT2D eigenvalue weighted by Gasteiger charge is -2.19. The molecular formula is C18H12F4N2O. The summed E-state index contributed by atoms with van der Waals surface area (Å²) in [6.07, 6.45) is 0. The number of carbonyl (C=O) groups excluding carboxylic acids is 1. The van der Waals surface area contributed by atoms with E-state index in [2.05, 4.69) is 0 Å². The van der Waals surface area contributed by atoms with Crippen LogP contribution in [0.5, 0.6) is 0 Å². The van der Waals surface area contributed by atoms with Crippen LogP contribution >= 0.6 is 0 Å². The van der Waals surface area contributed by atoms with E-state index in [1.54, 1.807) is 0 Å². The van der Waals surface area contributed by atoms with E-state index >= 15 is 0 Å². The Morgan fingerprint density at radius 1 is 0.920 bits per heavy atom. The van der Waals surface area contributed by atoms with E-state index in [1.165, 1.54) is 30.3 Å². The van der Waals surface area contributed by atoms with Gasteiger partial charge < -0.3 is 11.1 Å². The topological polar surface area (TPSA) is 55.1 Å². The van der Waals surface area contributed by atoms with Gasteiger partial charge in [0.1, 0.15) is 11.6 Å². The van der Waals surface area contributed by atoms with Gasteiger partial charge in [0.05, 0.1) is 5.69 Å². The molecule has 0 bridgehead atoms. The highest BCUT2D eigenvalue weighted by Gasteiger charge is 2.42. The molecular weight excluding hydrogens is 336 g/mol. The smallest absolute Gasteiger partial charge is 0.350 e. The number of alkyl halides is 2. The molecule has 0 aliphatic rings. The number of nitrogen functional groups attached to an aromatic ring is 1. The number of nitrogens with one attached hydrogen (secondary N) is 1. The number of fused-ring (bicyclic) bond motifs is 1. The van der Waals surface area contributed by atoms with Gasteiger partial charge in [-0.2, -0.15) is 8.78 Å². The maximum absolute atomic E-state index is 14.6. The Morgan fingerprint density at radius 2 is 1.60 bits per heavy atom. The van der Waals surface area contributed by atoms with Gasteiger partial charge in [-0.3, -0.25) is 4.79 Å². The van der Waals surface area contributed by atoms with E-state index in [0.29, 0.717) is 0 Å². The Labute approximate surface area is 140 Å². The first-order valence-corrected chi connectivity index (χ1v) is 7.22.